The Morgan fingerprint density at radius 2 is 0.826 bits per heavy atom. The predicted octanol–water partition coefficient (Wildman–Crippen LogP) is 13.5. The second kappa shape index (κ2) is 19.4. The summed E-state index contributed by atoms with van der Waals surface area (Å²) in [6.45, 7) is 6.87. The van der Waals surface area contributed by atoms with E-state index in [4.69, 9.17) is 14.2 Å². The molecule has 0 aliphatic heterocycles. The highest BCUT2D eigenvalue weighted by atomic mass is 16.6. The number of hydrogen-bond acceptors (Lipinski definition) is 4. The lowest BCUT2D eigenvalue weighted by molar-refractivity contribution is -0.0180. The average molecular weight is 641 g/mol. The maximum Gasteiger partial charge on any atom is 0.208 e. The van der Waals surface area contributed by atoms with Gasteiger partial charge in [-0.1, -0.05) is 97.8 Å². The number of phenolic OH excluding ortho intramolecular Hbond substituents is 1. The van der Waals surface area contributed by atoms with E-state index in [0.717, 1.165) is 69.3 Å². The first-order chi connectivity index (χ1) is 22.5. The van der Waals surface area contributed by atoms with Crippen molar-refractivity contribution >= 4 is 0 Å². The Hall–Kier alpha value is -1.58. The van der Waals surface area contributed by atoms with Crippen LogP contribution in [0.25, 0.3) is 0 Å². The van der Waals surface area contributed by atoms with Gasteiger partial charge in [-0.15, -0.1) is 0 Å². The zero-order valence-corrected chi connectivity index (χ0v) is 30.5. The minimum Gasteiger partial charge on any atom is -0.504 e. The lowest BCUT2D eigenvalue weighted by Crippen LogP contribution is -2.41. The van der Waals surface area contributed by atoms with E-state index < -0.39 is 0 Å². The SMILES string of the molecule is CCCCCCC1(Oc2ccc(O)c(OC3(CCCCCC)CCCCC3)c2OC2(CCCCCC)CCCCC2)CCCCC1. The molecule has 3 aliphatic carbocycles. The highest BCUT2D eigenvalue weighted by Crippen LogP contribution is 2.53. The monoisotopic (exact) mass is 641 g/mol. The molecule has 0 spiro atoms. The molecule has 4 heteroatoms. The summed E-state index contributed by atoms with van der Waals surface area (Å²) in [5, 5.41) is 11.6. The van der Waals surface area contributed by atoms with Crippen LogP contribution in [0.5, 0.6) is 23.0 Å². The summed E-state index contributed by atoms with van der Waals surface area (Å²) in [6.07, 6.45) is 35.9. The molecule has 46 heavy (non-hydrogen) atoms. The minimum absolute atomic E-state index is 0.151. The van der Waals surface area contributed by atoms with Crippen molar-refractivity contribution in [3.8, 4) is 23.0 Å². The zero-order chi connectivity index (χ0) is 32.6. The van der Waals surface area contributed by atoms with Crippen molar-refractivity contribution in [1.29, 1.82) is 0 Å². The van der Waals surface area contributed by atoms with E-state index in [1.807, 2.05) is 12.1 Å². The Kier molecular flexibility index (Phi) is 15.7. The third kappa shape index (κ3) is 11.0. The summed E-state index contributed by atoms with van der Waals surface area (Å²) < 4.78 is 21.9. The molecule has 1 aromatic carbocycles. The fraction of sp³-hybridized carbons (Fsp3) is 0.857. The van der Waals surface area contributed by atoms with Crippen molar-refractivity contribution in [2.24, 2.45) is 0 Å². The molecule has 4 nitrogen and oxygen atoms in total. The van der Waals surface area contributed by atoms with Gasteiger partial charge in [0.05, 0.1) is 0 Å². The molecule has 0 unspecified atom stereocenters. The molecule has 0 heterocycles. The van der Waals surface area contributed by atoms with Gasteiger partial charge in [-0.3, -0.25) is 0 Å². The van der Waals surface area contributed by atoms with Crippen LogP contribution in [0.3, 0.4) is 0 Å². The van der Waals surface area contributed by atoms with Crippen LogP contribution in [-0.2, 0) is 0 Å². The Labute approximate surface area is 284 Å². The lowest BCUT2D eigenvalue weighted by atomic mass is 9.80. The van der Waals surface area contributed by atoms with Gasteiger partial charge in [0.2, 0.25) is 11.5 Å². The molecular formula is C42H72O4. The summed E-state index contributed by atoms with van der Waals surface area (Å²) in [5.74, 6) is 2.33. The maximum atomic E-state index is 11.6. The van der Waals surface area contributed by atoms with Crippen LogP contribution in [-0.4, -0.2) is 21.9 Å². The minimum atomic E-state index is -0.232. The Morgan fingerprint density at radius 1 is 0.457 bits per heavy atom. The summed E-state index contributed by atoms with van der Waals surface area (Å²) in [6, 6.07) is 3.86. The molecule has 3 saturated carbocycles. The standard InChI is InChI=1S/C42H72O4/c1-4-7-10-16-27-40(28-19-13-20-29-40)44-37-26-25-36(43)38(45-41(30-17-11-8-5-2)32-21-14-22-33-41)39(37)46-42(31-18-12-9-6-3)34-23-15-24-35-42/h25-26,43H,4-24,27-35H2,1-3H3. The van der Waals surface area contributed by atoms with Crippen LogP contribution < -0.4 is 14.2 Å². The lowest BCUT2D eigenvalue weighted by Gasteiger charge is -2.43. The number of rotatable bonds is 21. The van der Waals surface area contributed by atoms with Crippen LogP contribution in [0.15, 0.2) is 12.1 Å². The van der Waals surface area contributed by atoms with Gasteiger partial charge in [-0.2, -0.15) is 0 Å². The fourth-order valence-electron chi connectivity index (χ4n) is 8.90. The molecule has 3 fully saturated rings. The van der Waals surface area contributed by atoms with Gasteiger partial charge in [-0.25, -0.2) is 0 Å². The van der Waals surface area contributed by atoms with Crippen LogP contribution in [0.4, 0.5) is 0 Å². The van der Waals surface area contributed by atoms with E-state index in [9.17, 15) is 5.11 Å². The predicted molar refractivity (Wildman–Crippen MR) is 194 cm³/mol. The maximum absolute atomic E-state index is 11.6. The van der Waals surface area contributed by atoms with E-state index in [1.165, 1.54) is 135 Å². The Morgan fingerprint density at radius 3 is 1.22 bits per heavy atom. The first-order valence-electron chi connectivity index (χ1n) is 20.4. The second-order valence-corrected chi connectivity index (χ2v) is 15.7. The van der Waals surface area contributed by atoms with Gasteiger partial charge >= 0.3 is 0 Å². The number of unbranched alkanes of at least 4 members (excludes halogenated alkanes) is 9. The van der Waals surface area contributed by atoms with E-state index in [1.54, 1.807) is 0 Å². The largest absolute Gasteiger partial charge is 0.504 e. The Balaban J connectivity index is 1.72. The van der Waals surface area contributed by atoms with Crippen molar-refractivity contribution in [1.82, 2.24) is 0 Å². The third-order valence-electron chi connectivity index (χ3n) is 11.8. The highest BCUT2D eigenvalue weighted by Gasteiger charge is 2.41. The molecule has 1 N–H and O–H groups in total. The van der Waals surface area contributed by atoms with E-state index in [2.05, 4.69) is 20.8 Å². The number of phenols is 1. The number of aromatic hydroxyl groups is 1. The van der Waals surface area contributed by atoms with E-state index in [-0.39, 0.29) is 22.6 Å². The molecular weight excluding hydrogens is 568 g/mol. The second-order valence-electron chi connectivity index (χ2n) is 15.7. The summed E-state index contributed by atoms with van der Waals surface area (Å²) >= 11 is 0. The smallest absolute Gasteiger partial charge is 0.208 e. The summed E-state index contributed by atoms with van der Waals surface area (Å²) in [7, 11) is 0. The molecule has 264 valence electrons. The first-order valence-corrected chi connectivity index (χ1v) is 20.4. The normalized spacial score (nSPS) is 20.7. The van der Waals surface area contributed by atoms with Gasteiger partial charge < -0.3 is 19.3 Å². The third-order valence-corrected chi connectivity index (χ3v) is 11.8. The quantitative estimate of drug-likeness (QED) is 0.136. The zero-order valence-electron chi connectivity index (χ0n) is 30.5. The topological polar surface area (TPSA) is 47.9 Å². The highest BCUT2D eigenvalue weighted by molar-refractivity contribution is 5.59. The number of hydrogen-bond donors (Lipinski definition) is 1. The molecule has 4 rings (SSSR count). The van der Waals surface area contributed by atoms with E-state index in [0.29, 0.717) is 5.75 Å². The van der Waals surface area contributed by atoms with Gasteiger partial charge in [0.1, 0.15) is 16.8 Å². The van der Waals surface area contributed by atoms with E-state index >= 15 is 0 Å². The van der Waals surface area contributed by atoms with Gasteiger partial charge in [0.15, 0.2) is 11.5 Å². The Bertz CT molecular complexity index is 968. The van der Waals surface area contributed by atoms with Crippen LogP contribution >= 0.6 is 0 Å². The summed E-state index contributed by atoms with van der Waals surface area (Å²) in [5.41, 5.74) is -0.594. The molecule has 0 amide bonds. The number of ether oxygens (including phenoxy) is 3. The van der Waals surface area contributed by atoms with Gasteiger partial charge in [0.25, 0.3) is 0 Å². The van der Waals surface area contributed by atoms with Gasteiger partial charge in [0, 0.05) is 0 Å². The molecule has 3 aliphatic rings. The molecule has 0 atom stereocenters. The molecule has 0 radical (unpaired) electrons. The molecule has 0 aromatic heterocycles. The van der Waals surface area contributed by atoms with Crippen LogP contribution in [0.1, 0.15) is 213 Å². The molecule has 0 saturated heterocycles. The number of benzene rings is 1. The molecule has 1 aromatic rings. The van der Waals surface area contributed by atoms with Crippen molar-refractivity contribution in [2.45, 2.75) is 230 Å². The molecule has 0 bridgehead atoms. The van der Waals surface area contributed by atoms with Crippen molar-refractivity contribution in [2.75, 3.05) is 0 Å². The van der Waals surface area contributed by atoms with Crippen molar-refractivity contribution in [3.05, 3.63) is 12.1 Å². The van der Waals surface area contributed by atoms with Crippen molar-refractivity contribution < 1.29 is 19.3 Å². The van der Waals surface area contributed by atoms with Crippen molar-refractivity contribution in [3.63, 3.8) is 0 Å². The van der Waals surface area contributed by atoms with Crippen LogP contribution in [0.2, 0.25) is 0 Å². The van der Waals surface area contributed by atoms with Gasteiger partial charge in [-0.05, 0) is 128 Å². The summed E-state index contributed by atoms with van der Waals surface area (Å²) in [4.78, 5) is 0. The average Bonchev–Trinajstić information content (AvgIpc) is 3.08. The fourth-order valence-corrected chi connectivity index (χ4v) is 8.90. The van der Waals surface area contributed by atoms with Crippen LogP contribution in [0, 0.1) is 0 Å². The first kappa shape index (κ1) is 37.2.